The van der Waals surface area contributed by atoms with Gasteiger partial charge in [-0.25, -0.2) is 4.98 Å². The van der Waals surface area contributed by atoms with Crippen molar-refractivity contribution in [1.29, 1.82) is 0 Å². The van der Waals surface area contributed by atoms with Crippen LogP contribution in [0.5, 0.6) is 5.75 Å². The third kappa shape index (κ3) is 2.68. The molecule has 0 aliphatic carbocycles. The fourth-order valence-corrected chi connectivity index (χ4v) is 2.27. The summed E-state index contributed by atoms with van der Waals surface area (Å²) in [5.41, 5.74) is 2.02. The fraction of sp³-hybridized carbons (Fsp3) is 0.0667. The predicted octanol–water partition coefficient (Wildman–Crippen LogP) is 3.25. The maximum atomic E-state index is 12.2. The summed E-state index contributed by atoms with van der Waals surface area (Å²) in [5, 5.41) is 3.24. The van der Waals surface area contributed by atoms with Crippen LogP contribution in [0.15, 0.2) is 49.1 Å². The molecule has 3 aromatic rings. The first kappa shape index (κ1) is 13.5. The number of anilines is 1. The molecule has 2 heterocycles. The van der Waals surface area contributed by atoms with Gasteiger partial charge < -0.3 is 14.5 Å². The van der Waals surface area contributed by atoms with Gasteiger partial charge >= 0.3 is 0 Å². The first-order chi connectivity index (χ1) is 10.2. The molecule has 0 atom stereocenters. The molecule has 5 nitrogen and oxygen atoms in total. The number of hydrogen-bond donors (Lipinski definition) is 1. The summed E-state index contributed by atoms with van der Waals surface area (Å²) in [6.07, 6.45) is 5.17. The van der Waals surface area contributed by atoms with Gasteiger partial charge in [0.25, 0.3) is 5.91 Å². The van der Waals surface area contributed by atoms with Crippen molar-refractivity contribution in [2.45, 2.75) is 0 Å². The second-order valence-electron chi connectivity index (χ2n) is 4.44. The number of amides is 1. The maximum absolute atomic E-state index is 12.2. The highest BCUT2D eigenvalue weighted by atomic mass is 35.5. The first-order valence-electron chi connectivity index (χ1n) is 6.24. The molecular weight excluding hydrogens is 290 g/mol. The number of carbonyl (C=O) groups excluding carboxylic acids is 1. The zero-order valence-corrected chi connectivity index (χ0v) is 12.0. The van der Waals surface area contributed by atoms with E-state index in [2.05, 4.69) is 10.3 Å². The maximum Gasteiger partial charge on any atom is 0.255 e. The SMILES string of the molecule is COc1ccc(NC(=O)c2ccn3cncc3c2)cc1Cl. The lowest BCUT2D eigenvalue weighted by Crippen LogP contribution is -2.12. The normalized spacial score (nSPS) is 10.6. The molecule has 1 amide bonds. The Morgan fingerprint density at radius 1 is 1.33 bits per heavy atom. The third-order valence-corrected chi connectivity index (χ3v) is 3.38. The zero-order valence-electron chi connectivity index (χ0n) is 11.2. The van der Waals surface area contributed by atoms with Crippen LogP contribution in [0.2, 0.25) is 5.02 Å². The van der Waals surface area contributed by atoms with E-state index in [0.29, 0.717) is 22.0 Å². The monoisotopic (exact) mass is 301 g/mol. The van der Waals surface area contributed by atoms with Crippen molar-refractivity contribution in [1.82, 2.24) is 9.38 Å². The smallest absolute Gasteiger partial charge is 0.255 e. The quantitative estimate of drug-likeness (QED) is 0.808. The summed E-state index contributed by atoms with van der Waals surface area (Å²) in [6.45, 7) is 0. The van der Waals surface area contributed by atoms with Crippen molar-refractivity contribution in [3.8, 4) is 5.75 Å². The van der Waals surface area contributed by atoms with Gasteiger partial charge in [-0.2, -0.15) is 0 Å². The van der Waals surface area contributed by atoms with Gasteiger partial charge in [-0.15, -0.1) is 0 Å². The lowest BCUT2D eigenvalue weighted by Gasteiger charge is -2.08. The number of nitrogens with zero attached hydrogens (tertiary/aromatic N) is 2. The summed E-state index contributed by atoms with van der Waals surface area (Å²) < 4.78 is 6.91. The van der Waals surface area contributed by atoms with Gasteiger partial charge in [0, 0.05) is 17.4 Å². The van der Waals surface area contributed by atoms with Gasteiger partial charge in [-0.05, 0) is 30.3 Å². The average Bonchev–Trinajstić information content (AvgIpc) is 2.94. The molecule has 106 valence electrons. The summed E-state index contributed by atoms with van der Waals surface area (Å²) in [7, 11) is 1.54. The Labute approximate surface area is 126 Å². The van der Waals surface area contributed by atoms with Crippen LogP contribution in [-0.4, -0.2) is 22.4 Å². The summed E-state index contributed by atoms with van der Waals surface area (Å²) in [6, 6.07) is 8.59. The topological polar surface area (TPSA) is 55.6 Å². The molecule has 0 spiro atoms. The number of hydrogen-bond acceptors (Lipinski definition) is 3. The number of methoxy groups -OCH3 is 1. The van der Waals surface area contributed by atoms with Crippen LogP contribution in [0.4, 0.5) is 5.69 Å². The van der Waals surface area contributed by atoms with Gasteiger partial charge in [0.05, 0.1) is 30.2 Å². The van der Waals surface area contributed by atoms with Crippen molar-refractivity contribution in [2.75, 3.05) is 12.4 Å². The van der Waals surface area contributed by atoms with Crippen molar-refractivity contribution >= 4 is 28.7 Å². The summed E-state index contributed by atoms with van der Waals surface area (Å²) in [5.74, 6) is 0.357. The number of imidazole rings is 1. The Morgan fingerprint density at radius 3 is 2.95 bits per heavy atom. The highest BCUT2D eigenvalue weighted by Crippen LogP contribution is 2.27. The van der Waals surface area contributed by atoms with E-state index in [9.17, 15) is 4.79 Å². The van der Waals surface area contributed by atoms with E-state index in [1.807, 2.05) is 4.40 Å². The fourth-order valence-electron chi connectivity index (χ4n) is 2.01. The van der Waals surface area contributed by atoms with E-state index in [-0.39, 0.29) is 5.91 Å². The number of aromatic nitrogens is 2. The van der Waals surface area contributed by atoms with E-state index in [4.69, 9.17) is 16.3 Å². The molecule has 21 heavy (non-hydrogen) atoms. The number of benzene rings is 1. The van der Waals surface area contributed by atoms with Crippen LogP contribution >= 0.6 is 11.6 Å². The molecule has 0 radical (unpaired) electrons. The molecule has 0 saturated carbocycles. The predicted molar refractivity (Wildman–Crippen MR) is 81.1 cm³/mol. The van der Waals surface area contributed by atoms with Gasteiger partial charge in [-0.3, -0.25) is 4.79 Å². The number of pyridine rings is 1. The van der Waals surface area contributed by atoms with Crippen molar-refractivity contribution < 1.29 is 9.53 Å². The molecule has 6 heteroatoms. The lowest BCUT2D eigenvalue weighted by molar-refractivity contribution is 0.102. The minimum atomic E-state index is -0.208. The van der Waals surface area contributed by atoms with E-state index in [1.54, 1.807) is 56.2 Å². The standard InChI is InChI=1S/C15H12ClN3O2/c1-21-14-3-2-11(7-13(14)16)18-15(20)10-4-5-19-9-17-8-12(19)6-10/h2-9H,1H3,(H,18,20). The van der Waals surface area contributed by atoms with Crippen molar-refractivity contribution in [2.24, 2.45) is 0 Å². The van der Waals surface area contributed by atoms with E-state index < -0.39 is 0 Å². The third-order valence-electron chi connectivity index (χ3n) is 3.09. The van der Waals surface area contributed by atoms with Crippen LogP contribution < -0.4 is 10.1 Å². The number of carbonyl (C=O) groups is 1. The van der Waals surface area contributed by atoms with Gasteiger partial charge in [-0.1, -0.05) is 11.6 Å². The Hall–Kier alpha value is -2.53. The Kier molecular flexibility index (Phi) is 3.50. The number of ether oxygens (including phenoxy) is 1. The minimum Gasteiger partial charge on any atom is -0.495 e. The number of nitrogens with one attached hydrogen (secondary N) is 1. The van der Waals surface area contributed by atoms with Crippen molar-refractivity contribution in [3.63, 3.8) is 0 Å². The molecular formula is C15H12ClN3O2. The van der Waals surface area contributed by atoms with Gasteiger partial charge in [0.2, 0.25) is 0 Å². The molecule has 3 rings (SSSR count). The van der Waals surface area contributed by atoms with Crippen LogP contribution in [0.3, 0.4) is 0 Å². The first-order valence-corrected chi connectivity index (χ1v) is 6.62. The molecule has 0 aliphatic rings. The van der Waals surface area contributed by atoms with Crippen LogP contribution in [0.1, 0.15) is 10.4 Å². The Morgan fingerprint density at radius 2 is 2.19 bits per heavy atom. The molecule has 0 fully saturated rings. The number of fused-ring (bicyclic) bond motifs is 1. The van der Waals surface area contributed by atoms with Crippen LogP contribution in [-0.2, 0) is 0 Å². The summed E-state index contributed by atoms with van der Waals surface area (Å²) in [4.78, 5) is 16.2. The van der Waals surface area contributed by atoms with E-state index in [1.165, 1.54) is 0 Å². The number of rotatable bonds is 3. The number of halogens is 1. The van der Waals surface area contributed by atoms with Gasteiger partial charge in [0.15, 0.2) is 0 Å². The average molecular weight is 302 g/mol. The second kappa shape index (κ2) is 5.46. The van der Waals surface area contributed by atoms with Crippen molar-refractivity contribution in [3.05, 3.63) is 59.6 Å². The van der Waals surface area contributed by atoms with Gasteiger partial charge in [0.1, 0.15) is 5.75 Å². The van der Waals surface area contributed by atoms with Crippen LogP contribution in [0.25, 0.3) is 5.52 Å². The zero-order chi connectivity index (χ0) is 14.8. The largest absolute Gasteiger partial charge is 0.495 e. The highest BCUT2D eigenvalue weighted by molar-refractivity contribution is 6.32. The highest BCUT2D eigenvalue weighted by Gasteiger charge is 2.09. The van der Waals surface area contributed by atoms with E-state index in [0.717, 1.165) is 5.52 Å². The summed E-state index contributed by atoms with van der Waals surface area (Å²) >= 11 is 6.03. The molecule has 1 N–H and O–H groups in total. The molecule has 1 aromatic carbocycles. The molecule has 0 aliphatic heterocycles. The molecule has 0 unspecified atom stereocenters. The Balaban J connectivity index is 1.83. The molecule has 0 bridgehead atoms. The Bertz CT molecular complexity index is 814. The van der Waals surface area contributed by atoms with E-state index >= 15 is 0 Å². The van der Waals surface area contributed by atoms with Crippen LogP contribution in [0, 0.1) is 0 Å². The minimum absolute atomic E-state index is 0.208. The molecule has 2 aromatic heterocycles. The molecule has 0 saturated heterocycles. The second-order valence-corrected chi connectivity index (χ2v) is 4.85. The lowest BCUT2D eigenvalue weighted by atomic mass is 10.2.